The Balaban J connectivity index is 1.66. The van der Waals surface area contributed by atoms with Crippen LogP contribution in [0.3, 0.4) is 0 Å². The summed E-state index contributed by atoms with van der Waals surface area (Å²) in [7, 11) is -9.27. The Morgan fingerprint density at radius 2 is 1.74 bits per heavy atom. The Morgan fingerprint density at radius 1 is 1.10 bits per heavy atom. The summed E-state index contributed by atoms with van der Waals surface area (Å²) in [5, 5.41) is 52.6. The summed E-state index contributed by atoms with van der Waals surface area (Å²) in [4.78, 5) is 47.0. The molecule has 20 heteroatoms. The molecule has 222 valence electrons. The molecule has 0 spiro atoms. The molecule has 3 heterocycles. The first-order valence-electron chi connectivity index (χ1n) is 11.6. The number of carbonyl (C=O) groups excluding carboxylic acids is 1. The first-order valence-corrected chi connectivity index (χ1v) is 15.3. The molecule has 1 aromatic rings. The zero-order valence-electron chi connectivity index (χ0n) is 20.7. The zero-order valence-corrected chi connectivity index (χ0v) is 22.5. The highest BCUT2D eigenvalue weighted by Gasteiger charge is 2.49. The summed E-state index contributed by atoms with van der Waals surface area (Å²) >= 11 is 0. The number of nitrogens with one attached hydrogen (secondary N) is 2. The van der Waals surface area contributed by atoms with Crippen molar-refractivity contribution in [3.63, 3.8) is 0 Å². The molecule has 1 aromatic heterocycles. The topological polar surface area (TPSA) is 276 Å². The summed E-state index contributed by atoms with van der Waals surface area (Å²) in [5.74, 6) is -0.690. The van der Waals surface area contributed by atoms with Crippen LogP contribution in [-0.2, 0) is 32.2 Å². The van der Waals surface area contributed by atoms with Crippen LogP contribution in [0.1, 0.15) is 19.6 Å². The number of aliphatic hydroxyl groups is 5. The van der Waals surface area contributed by atoms with Gasteiger partial charge in [-0.3, -0.25) is 32.8 Å². The number of ether oxygens (including phenoxy) is 2. The number of hydrogen-bond acceptors (Lipinski definition) is 14. The molecule has 18 nitrogen and oxygen atoms in total. The second-order valence-corrected chi connectivity index (χ2v) is 13.2. The van der Waals surface area contributed by atoms with E-state index in [1.54, 1.807) is 0 Å². The average Bonchev–Trinajstić information content (AvgIpc) is 3.10. The fourth-order valence-electron chi connectivity index (χ4n) is 4.16. The second-order valence-electron chi connectivity index (χ2n) is 9.10. The van der Waals surface area contributed by atoms with Gasteiger partial charge in [0.2, 0.25) is 5.91 Å². The van der Waals surface area contributed by atoms with Crippen molar-refractivity contribution in [3.8, 4) is 0 Å². The van der Waals surface area contributed by atoms with Gasteiger partial charge in [-0.05, 0) is 6.42 Å². The molecule has 0 saturated carbocycles. The third-order valence-corrected chi connectivity index (χ3v) is 9.60. The maximum atomic E-state index is 13.0. The van der Waals surface area contributed by atoms with E-state index >= 15 is 0 Å². The first kappa shape index (κ1) is 31.7. The summed E-state index contributed by atoms with van der Waals surface area (Å²) in [5.41, 5.74) is -1.63. The highest BCUT2D eigenvalue weighted by Crippen LogP contribution is 2.61. The Hall–Kier alpha value is -1.79. The Bertz CT molecular complexity index is 1240. The van der Waals surface area contributed by atoms with Gasteiger partial charge < -0.3 is 45.2 Å². The van der Waals surface area contributed by atoms with Crippen LogP contribution in [0.25, 0.3) is 0 Å². The minimum Gasteiger partial charge on any atom is -0.394 e. The number of aromatic amines is 1. The van der Waals surface area contributed by atoms with E-state index < -0.39 is 107 Å². The van der Waals surface area contributed by atoms with E-state index in [-0.39, 0.29) is 0 Å². The highest BCUT2D eigenvalue weighted by molar-refractivity contribution is 7.66. The lowest BCUT2D eigenvalue weighted by Gasteiger charge is -2.42. The fourth-order valence-corrected chi connectivity index (χ4v) is 7.63. The van der Waals surface area contributed by atoms with Gasteiger partial charge in [0.25, 0.3) is 5.56 Å². The van der Waals surface area contributed by atoms with E-state index in [0.29, 0.717) is 0 Å². The molecular weight excluding hydrogens is 572 g/mol. The Morgan fingerprint density at radius 3 is 2.33 bits per heavy atom. The lowest BCUT2D eigenvalue weighted by Crippen LogP contribution is -2.64. The van der Waals surface area contributed by atoms with Crippen molar-refractivity contribution in [3.05, 3.63) is 33.1 Å². The van der Waals surface area contributed by atoms with E-state index in [2.05, 4.69) is 5.32 Å². The summed E-state index contributed by atoms with van der Waals surface area (Å²) in [6.07, 6.45) is -12.7. The van der Waals surface area contributed by atoms with Crippen molar-refractivity contribution in [2.24, 2.45) is 0 Å². The summed E-state index contributed by atoms with van der Waals surface area (Å²) < 4.78 is 47.2. The van der Waals surface area contributed by atoms with Crippen LogP contribution in [0.15, 0.2) is 21.9 Å². The lowest BCUT2D eigenvalue weighted by molar-refractivity contribution is -0.245. The van der Waals surface area contributed by atoms with Gasteiger partial charge >= 0.3 is 20.9 Å². The molecule has 0 aliphatic carbocycles. The van der Waals surface area contributed by atoms with Crippen LogP contribution in [0.5, 0.6) is 0 Å². The number of rotatable bonds is 10. The van der Waals surface area contributed by atoms with E-state index in [1.165, 1.54) is 0 Å². The Kier molecular flexibility index (Phi) is 10.1. The molecule has 8 N–H and O–H groups in total. The minimum absolute atomic E-state index is 0.424. The van der Waals surface area contributed by atoms with Gasteiger partial charge in [0.1, 0.15) is 36.6 Å². The third-order valence-electron chi connectivity index (χ3n) is 5.98. The number of aliphatic hydroxyl groups excluding tert-OH is 5. The highest BCUT2D eigenvalue weighted by atomic mass is 31.3. The third kappa shape index (κ3) is 7.70. The second kappa shape index (κ2) is 12.4. The summed E-state index contributed by atoms with van der Waals surface area (Å²) in [6, 6.07) is -0.507. The van der Waals surface area contributed by atoms with Crippen molar-refractivity contribution in [2.75, 3.05) is 19.4 Å². The van der Waals surface area contributed by atoms with Crippen LogP contribution in [0.4, 0.5) is 0 Å². The van der Waals surface area contributed by atoms with Crippen molar-refractivity contribution in [1.82, 2.24) is 14.9 Å². The quantitative estimate of drug-likeness (QED) is 0.121. The molecule has 2 fully saturated rings. The van der Waals surface area contributed by atoms with E-state index in [1.807, 2.05) is 4.98 Å². The van der Waals surface area contributed by atoms with Crippen molar-refractivity contribution >= 4 is 21.1 Å². The number of aromatic nitrogens is 2. The minimum atomic E-state index is -4.77. The number of carbonyl (C=O) groups is 1. The molecule has 3 unspecified atom stereocenters. The molecule has 0 aromatic carbocycles. The van der Waals surface area contributed by atoms with Gasteiger partial charge in [-0.1, -0.05) is 0 Å². The van der Waals surface area contributed by atoms with Crippen molar-refractivity contribution < 1.29 is 62.7 Å². The number of H-pyrrole nitrogens is 1. The van der Waals surface area contributed by atoms with E-state index in [4.69, 9.17) is 18.3 Å². The van der Waals surface area contributed by atoms with Gasteiger partial charge in [0, 0.05) is 25.9 Å². The number of nitrogens with zero attached hydrogens (tertiary/aromatic N) is 1. The largest absolute Gasteiger partial charge is 0.394 e. The van der Waals surface area contributed by atoms with E-state index in [9.17, 15) is 53.9 Å². The monoisotopic (exact) mass is 603 g/mol. The molecule has 0 bridgehead atoms. The average molecular weight is 603 g/mol. The predicted molar refractivity (Wildman–Crippen MR) is 128 cm³/mol. The van der Waals surface area contributed by atoms with Gasteiger partial charge in [-0.25, -0.2) is 9.11 Å². The van der Waals surface area contributed by atoms with Crippen molar-refractivity contribution in [1.29, 1.82) is 0 Å². The van der Waals surface area contributed by atoms with Crippen LogP contribution in [0.2, 0.25) is 0 Å². The summed E-state index contributed by atoms with van der Waals surface area (Å²) in [6.45, 7) is 1.09. The van der Waals surface area contributed by atoms with Crippen LogP contribution >= 0.6 is 15.2 Å². The lowest BCUT2D eigenvalue weighted by atomic mass is 9.97. The first-order chi connectivity index (χ1) is 18.0. The maximum Gasteiger partial charge on any atom is 0.337 e. The standard InChI is InChI=1S/C19H31N3O15P2/c1-8(24)20-12-15(28)14(27)10(7-23)35-18(12)36-38(2,31)37-39(32,33)6-4-9-13(26)16(29)17(34-9)22-5-3-11(25)21-19(22)30/h3,5,9-10,12-18,23,26-29H,4,6-7H2,1-2H3,(H,20,24)(H,32,33)(H,21,25,30)/t9-,10-,12+,13-,14-,15-,16-,17?,18-,38?/m1/s1. The Labute approximate surface area is 220 Å². The van der Waals surface area contributed by atoms with Crippen LogP contribution < -0.4 is 16.6 Å². The SMILES string of the molecule is CC(=O)N[C@@H]1[C@@H](OP(C)(=O)OP(=O)(O)CC[C@H]2OC(n3ccc(=O)[nH]c3=O)[C@H](O)[C@@H]2O)O[C@H](CO)[C@@H](O)[C@@H]1O. The fraction of sp³-hybridized carbons (Fsp3) is 0.737. The van der Waals surface area contributed by atoms with Gasteiger partial charge in [0.15, 0.2) is 12.5 Å². The zero-order chi connectivity index (χ0) is 29.3. The smallest absolute Gasteiger partial charge is 0.337 e. The van der Waals surface area contributed by atoms with Gasteiger partial charge in [-0.15, -0.1) is 0 Å². The molecule has 2 saturated heterocycles. The van der Waals surface area contributed by atoms with Gasteiger partial charge in [0.05, 0.1) is 18.9 Å². The molecule has 39 heavy (non-hydrogen) atoms. The molecule has 1 amide bonds. The number of hydrogen-bond donors (Lipinski definition) is 8. The number of amides is 1. The molecule has 0 radical (unpaired) electrons. The maximum absolute atomic E-state index is 13.0. The van der Waals surface area contributed by atoms with Crippen LogP contribution in [0, 0.1) is 0 Å². The molecule has 2 aliphatic heterocycles. The molecule has 11 atom stereocenters. The van der Waals surface area contributed by atoms with Crippen molar-refractivity contribution in [2.45, 2.75) is 68.5 Å². The normalized spacial score (nSPS) is 36.2. The van der Waals surface area contributed by atoms with Crippen LogP contribution in [-0.4, -0.2) is 114 Å². The molecular formula is C19H31N3O15P2. The molecule has 3 rings (SSSR count). The van der Waals surface area contributed by atoms with Gasteiger partial charge in [-0.2, -0.15) is 0 Å². The van der Waals surface area contributed by atoms with E-state index in [0.717, 1.165) is 30.4 Å². The molecule has 2 aliphatic rings. The predicted octanol–water partition coefficient (Wildman–Crippen LogP) is -3.47.